The van der Waals surface area contributed by atoms with Crippen LogP contribution in [0.3, 0.4) is 0 Å². The fourth-order valence-electron chi connectivity index (χ4n) is 3.18. The Kier molecular flexibility index (Phi) is 5.36. The number of nitrogens with one attached hydrogen (secondary N) is 1. The number of aromatic nitrogens is 3. The molecule has 7 nitrogen and oxygen atoms in total. The maximum absolute atomic E-state index is 12.6. The van der Waals surface area contributed by atoms with Gasteiger partial charge in [0.25, 0.3) is 5.91 Å². The molecule has 2 aromatic rings. The average molecular weight is 364 g/mol. The molecule has 25 heavy (non-hydrogen) atoms. The second-order valence-corrected chi connectivity index (χ2v) is 6.32. The van der Waals surface area contributed by atoms with Crippen molar-refractivity contribution in [1.29, 1.82) is 0 Å². The third-order valence-corrected chi connectivity index (χ3v) is 4.65. The normalized spacial score (nSPS) is 19.9. The van der Waals surface area contributed by atoms with Crippen molar-refractivity contribution < 1.29 is 9.53 Å². The number of nitrogens with zero attached hydrogens (tertiary/aromatic N) is 4. The lowest BCUT2D eigenvalue weighted by Crippen LogP contribution is -2.46. The molecule has 0 bridgehead atoms. The Bertz CT molecular complexity index is 740. The first-order valence-corrected chi connectivity index (χ1v) is 8.33. The maximum atomic E-state index is 12.6. The van der Waals surface area contributed by atoms with Crippen LogP contribution < -0.4 is 5.32 Å². The molecule has 134 valence electrons. The molecule has 1 atom stereocenters. The van der Waals surface area contributed by atoms with Crippen LogP contribution in [-0.4, -0.2) is 52.0 Å². The Morgan fingerprint density at radius 3 is 2.68 bits per heavy atom. The van der Waals surface area contributed by atoms with Gasteiger partial charge in [-0.25, -0.2) is 4.68 Å². The van der Waals surface area contributed by atoms with Gasteiger partial charge in [0.05, 0.1) is 18.8 Å². The standard InChI is InChI=1S/C17H21N5O2.ClH/c1-12-2-4-13(5-3-12)15-10-22-14(11-24-15)16(19-20-22)17(23)21-8-6-18-7-9-21;/h2-5,15,18H,6-11H2,1H3;1H. The van der Waals surface area contributed by atoms with Crippen LogP contribution >= 0.6 is 12.4 Å². The molecule has 4 rings (SSSR count). The molecule has 3 heterocycles. The molecule has 1 unspecified atom stereocenters. The second-order valence-electron chi connectivity index (χ2n) is 6.32. The molecule has 1 amide bonds. The summed E-state index contributed by atoms with van der Waals surface area (Å²) in [4.78, 5) is 14.5. The number of carbonyl (C=O) groups is 1. The molecule has 1 N–H and O–H groups in total. The smallest absolute Gasteiger partial charge is 0.276 e. The van der Waals surface area contributed by atoms with E-state index in [9.17, 15) is 4.79 Å². The summed E-state index contributed by atoms with van der Waals surface area (Å²) in [7, 11) is 0. The highest BCUT2D eigenvalue weighted by Crippen LogP contribution is 2.27. The Morgan fingerprint density at radius 2 is 1.96 bits per heavy atom. The van der Waals surface area contributed by atoms with E-state index in [-0.39, 0.29) is 24.4 Å². The van der Waals surface area contributed by atoms with E-state index in [1.165, 1.54) is 5.56 Å². The number of rotatable bonds is 2. The number of aryl methyl sites for hydroxylation is 1. The van der Waals surface area contributed by atoms with Crippen molar-refractivity contribution in [3.8, 4) is 0 Å². The van der Waals surface area contributed by atoms with E-state index >= 15 is 0 Å². The highest BCUT2D eigenvalue weighted by molar-refractivity contribution is 5.93. The second kappa shape index (κ2) is 7.51. The van der Waals surface area contributed by atoms with Crippen molar-refractivity contribution in [3.63, 3.8) is 0 Å². The minimum Gasteiger partial charge on any atom is -0.365 e. The van der Waals surface area contributed by atoms with Crippen molar-refractivity contribution in [2.45, 2.75) is 26.2 Å². The van der Waals surface area contributed by atoms with Crippen molar-refractivity contribution in [2.75, 3.05) is 26.2 Å². The molecule has 0 saturated carbocycles. The summed E-state index contributed by atoms with van der Waals surface area (Å²) in [5.41, 5.74) is 3.55. The first-order chi connectivity index (χ1) is 11.7. The zero-order chi connectivity index (χ0) is 16.5. The van der Waals surface area contributed by atoms with E-state index in [2.05, 4.69) is 46.8 Å². The Morgan fingerprint density at radius 1 is 1.24 bits per heavy atom. The van der Waals surface area contributed by atoms with Gasteiger partial charge in [0.2, 0.25) is 0 Å². The van der Waals surface area contributed by atoms with Crippen molar-refractivity contribution in [1.82, 2.24) is 25.2 Å². The van der Waals surface area contributed by atoms with E-state index in [0.717, 1.165) is 24.3 Å². The van der Waals surface area contributed by atoms with E-state index < -0.39 is 0 Å². The van der Waals surface area contributed by atoms with Crippen molar-refractivity contribution in [2.24, 2.45) is 0 Å². The molecule has 0 radical (unpaired) electrons. The van der Waals surface area contributed by atoms with Crippen molar-refractivity contribution in [3.05, 3.63) is 46.8 Å². The topological polar surface area (TPSA) is 72.3 Å². The predicted octanol–water partition coefficient (Wildman–Crippen LogP) is 1.33. The number of benzene rings is 1. The molecule has 0 aliphatic carbocycles. The van der Waals surface area contributed by atoms with Gasteiger partial charge >= 0.3 is 0 Å². The zero-order valence-electron chi connectivity index (χ0n) is 14.1. The van der Waals surface area contributed by atoms with Crippen LogP contribution in [0.5, 0.6) is 0 Å². The molecular weight excluding hydrogens is 342 g/mol. The Balaban J connectivity index is 0.00000182. The summed E-state index contributed by atoms with van der Waals surface area (Å²) in [6, 6.07) is 8.31. The monoisotopic (exact) mass is 363 g/mol. The molecule has 0 spiro atoms. The van der Waals surface area contributed by atoms with Gasteiger partial charge in [-0.2, -0.15) is 0 Å². The predicted molar refractivity (Wildman–Crippen MR) is 94.8 cm³/mol. The van der Waals surface area contributed by atoms with Gasteiger partial charge in [-0.05, 0) is 12.5 Å². The SMILES string of the molecule is Cc1ccc(C2Cn3nnc(C(=O)N4CCNCC4)c3CO2)cc1.Cl. The lowest BCUT2D eigenvalue weighted by molar-refractivity contribution is -0.00197. The number of piperazine rings is 1. The number of amides is 1. The van der Waals surface area contributed by atoms with Crippen LogP contribution in [-0.2, 0) is 17.9 Å². The molecule has 1 aromatic heterocycles. The lowest BCUT2D eigenvalue weighted by atomic mass is 10.1. The van der Waals surface area contributed by atoms with Crippen LogP contribution in [0.4, 0.5) is 0 Å². The Hall–Kier alpha value is -1.96. The van der Waals surface area contributed by atoms with Gasteiger partial charge in [-0.3, -0.25) is 4.79 Å². The summed E-state index contributed by atoms with van der Waals surface area (Å²) in [5, 5.41) is 11.6. The lowest BCUT2D eigenvalue weighted by Gasteiger charge is -2.28. The minimum absolute atomic E-state index is 0. The summed E-state index contributed by atoms with van der Waals surface area (Å²) in [6.07, 6.45) is -0.0538. The molecule has 8 heteroatoms. The quantitative estimate of drug-likeness (QED) is 0.871. The zero-order valence-corrected chi connectivity index (χ0v) is 15.0. The van der Waals surface area contributed by atoms with Crippen molar-refractivity contribution >= 4 is 18.3 Å². The highest BCUT2D eigenvalue weighted by atomic mass is 35.5. The van der Waals surface area contributed by atoms with Gasteiger partial charge in [0, 0.05) is 26.2 Å². The molecule has 2 aliphatic heterocycles. The summed E-state index contributed by atoms with van der Waals surface area (Å²) in [6.45, 7) is 6.06. The van der Waals surface area contributed by atoms with Gasteiger partial charge in [0.15, 0.2) is 5.69 Å². The molecule has 1 saturated heterocycles. The van der Waals surface area contributed by atoms with Crippen LogP contribution in [0.1, 0.15) is 33.4 Å². The number of hydrogen-bond acceptors (Lipinski definition) is 5. The third kappa shape index (κ3) is 3.53. The maximum Gasteiger partial charge on any atom is 0.276 e. The van der Waals surface area contributed by atoms with Gasteiger partial charge in [0.1, 0.15) is 6.10 Å². The van der Waals surface area contributed by atoms with Crippen LogP contribution in [0.2, 0.25) is 0 Å². The van der Waals surface area contributed by atoms with Crippen LogP contribution in [0.25, 0.3) is 0 Å². The van der Waals surface area contributed by atoms with Crippen LogP contribution in [0.15, 0.2) is 24.3 Å². The van der Waals surface area contributed by atoms with E-state index in [1.54, 1.807) is 0 Å². The Labute approximate surface area is 152 Å². The van der Waals surface area contributed by atoms with E-state index in [1.807, 2.05) is 9.58 Å². The molecule has 1 fully saturated rings. The largest absolute Gasteiger partial charge is 0.365 e. The summed E-state index contributed by atoms with van der Waals surface area (Å²) < 4.78 is 7.79. The average Bonchev–Trinajstić information content (AvgIpc) is 3.05. The van der Waals surface area contributed by atoms with Gasteiger partial charge in [-0.15, -0.1) is 17.5 Å². The molecular formula is C17H22ClN5O2. The third-order valence-electron chi connectivity index (χ3n) is 4.65. The van der Waals surface area contributed by atoms with E-state index in [0.29, 0.717) is 31.9 Å². The fourth-order valence-corrected chi connectivity index (χ4v) is 3.18. The summed E-state index contributed by atoms with van der Waals surface area (Å²) in [5.74, 6) is -0.0462. The van der Waals surface area contributed by atoms with E-state index in [4.69, 9.17) is 4.74 Å². The number of halogens is 1. The van der Waals surface area contributed by atoms with Gasteiger partial charge < -0.3 is 15.0 Å². The highest BCUT2D eigenvalue weighted by Gasteiger charge is 2.30. The fraction of sp³-hybridized carbons (Fsp3) is 0.471. The molecule has 1 aromatic carbocycles. The number of ether oxygens (including phenoxy) is 1. The first kappa shape index (κ1) is 17.8. The van der Waals surface area contributed by atoms with Crippen LogP contribution in [0, 0.1) is 6.92 Å². The number of carbonyl (C=O) groups excluding carboxylic acids is 1. The number of hydrogen-bond donors (Lipinski definition) is 1. The summed E-state index contributed by atoms with van der Waals surface area (Å²) >= 11 is 0. The first-order valence-electron chi connectivity index (χ1n) is 8.33. The molecule has 2 aliphatic rings. The van der Waals surface area contributed by atoms with Gasteiger partial charge in [-0.1, -0.05) is 35.0 Å². The number of fused-ring (bicyclic) bond motifs is 1. The minimum atomic E-state index is -0.0538.